The Kier molecular flexibility index (Phi) is 4.22. The average molecular weight is 278 g/mol. The summed E-state index contributed by atoms with van der Waals surface area (Å²) in [5.74, 6) is -0.385. The summed E-state index contributed by atoms with van der Waals surface area (Å²) in [5, 5.41) is 23.1. The number of benzene rings is 1. The fourth-order valence-corrected chi connectivity index (χ4v) is 2.58. The van der Waals surface area contributed by atoms with Gasteiger partial charge in [-0.25, -0.2) is 4.79 Å². The number of anilines is 1. The van der Waals surface area contributed by atoms with Crippen molar-refractivity contribution in [3.63, 3.8) is 0 Å². The molecule has 108 valence electrons. The van der Waals surface area contributed by atoms with E-state index in [1.54, 1.807) is 0 Å². The summed E-state index contributed by atoms with van der Waals surface area (Å²) >= 11 is 0. The second-order valence-corrected chi connectivity index (χ2v) is 5.39. The van der Waals surface area contributed by atoms with Crippen LogP contribution in [0.1, 0.15) is 43.0 Å². The number of non-ortho nitro benzene ring substituents is 1. The molecule has 1 aromatic rings. The molecule has 2 N–H and O–H groups in total. The van der Waals surface area contributed by atoms with Crippen molar-refractivity contribution in [1.29, 1.82) is 0 Å². The maximum atomic E-state index is 11.2. The van der Waals surface area contributed by atoms with Crippen LogP contribution in [0.5, 0.6) is 0 Å². The SMILES string of the molecule is CC1CCC(Nc2cc([N+](=O)[O-])ccc2C(=O)O)CC1. The largest absolute Gasteiger partial charge is 0.478 e. The summed E-state index contributed by atoms with van der Waals surface area (Å²) < 4.78 is 0. The lowest BCUT2D eigenvalue weighted by Crippen LogP contribution is -2.26. The van der Waals surface area contributed by atoms with Crippen molar-refractivity contribution in [2.45, 2.75) is 38.6 Å². The van der Waals surface area contributed by atoms with E-state index in [1.165, 1.54) is 18.2 Å². The summed E-state index contributed by atoms with van der Waals surface area (Å²) in [4.78, 5) is 21.5. The number of carboxylic acid groups (broad SMARTS) is 1. The Bertz CT molecular complexity index is 522. The minimum Gasteiger partial charge on any atom is -0.478 e. The van der Waals surface area contributed by atoms with Gasteiger partial charge < -0.3 is 10.4 Å². The number of hydrogen-bond donors (Lipinski definition) is 2. The van der Waals surface area contributed by atoms with E-state index < -0.39 is 10.9 Å². The number of rotatable bonds is 4. The van der Waals surface area contributed by atoms with E-state index >= 15 is 0 Å². The zero-order valence-electron chi connectivity index (χ0n) is 11.3. The van der Waals surface area contributed by atoms with Crippen LogP contribution in [0.25, 0.3) is 0 Å². The second-order valence-electron chi connectivity index (χ2n) is 5.39. The van der Waals surface area contributed by atoms with Crippen LogP contribution in [0.2, 0.25) is 0 Å². The summed E-state index contributed by atoms with van der Waals surface area (Å²) in [5.41, 5.74) is 0.321. The zero-order valence-corrected chi connectivity index (χ0v) is 11.3. The van der Waals surface area contributed by atoms with Crippen LogP contribution < -0.4 is 5.32 Å². The van der Waals surface area contributed by atoms with Crippen molar-refractivity contribution in [3.05, 3.63) is 33.9 Å². The Labute approximate surface area is 117 Å². The van der Waals surface area contributed by atoms with Crippen LogP contribution in [0.4, 0.5) is 11.4 Å². The molecular weight excluding hydrogens is 260 g/mol. The van der Waals surface area contributed by atoms with E-state index in [2.05, 4.69) is 12.2 Å². The lowest BCUT2D eigenvalue weighted by atomic mass is 9.87. The number of hydrogen-bond acceptors (Lipinski definition) is 4. The highest BCUT2D eigenvalue weighted by Crippen LogP contribution is 2.29. The van der Waals surface area contributed by atoms with E-state index in [4.69, 9.17) is 5.11 Å². The van der Waals surface area contributed by atoms with Gasteiger partial charge in [-0.1, -0.05) is 6.92 Å². The lowest BCUT2D eigenvalue weighted by molar-refractivity contribution is -0.384. The van der Waals surface area contributed by atoms with E-state index in [-0.39, 0.29) is 17.3 Å². The normalized spacial score (nSPS) is 22.2. The second kappa shape index (κ2) is 5.90. The van der Waals surface area contributed by atoms with Gasteiger partial charge in [0.25, 0.3) is 5.69 Å². The van der Waals surface area contributed by atoms with Crippen LogP contribution in [0.3, 0.4) is 0 Å². The van der Waals surface area contributed by atoms with Crippen molar-refractivity contribution in [1.82, 2.24) is 0 Å². The topological polar surface area (TPSA) is 92.5 Å². The van der Waals surface area contributed by atoms with E-state index in [9.17, 15) is 14.9 Å². The van der Waals surface area contributed by atoms with Gasteiger partial charge in [-0.2, -0.15) is 0 Å². The molecule has 6 heteroatoms. The molecule has 0 amide bonds. The molecule has 0 spiro atoms. The molecule has 0 unspecified atom stereocenters. The van der Waals surface area contributed by atoms with Crippen molar-refractivity contribution in [2.75, 3.05) is 5.32 Å². The molecule has 1 aliphatic carbocycles. The molecule has 6 nitrogen and oxygen atoms in total. The Hall–Kier alpha value is -2.11. The molecule has 0 saturated heterocycles. The van der Waals surface area contributed by atoms with Crippen molar-refractivity contribution < 1.29 is 14.8 Å². The molecule has 0 atom stereocenters. The molecule has 0 heterocycles. The van der Waals surface area contributed by atoms with Crippen LogP contribution >= 0.6 is 0 Å². The van der Waals surface area contributed by atoms with E-state index in [1.807, 2.05) is 0 Å². The molecule has 0 radical (unpaired) electrons. The fourth-order valence-electron chi connectivity index (χ4n) is 2.58. The van der Waals surface area contributed by atoms with Gasteiger partial charge in [0.05, 0.1) is 16.2 Å². The number of carbonyl (C=O) groups is 1. The van der Waals surface area contributed by atoms with Gasteiger partial charge in [-0.05, 0) is 37.7 Å². The first-order valence-electron chi connectivity index (χ1n) is 6.75. The van der Waals surface area contributed by atoms with Crippen LogP contribution in [0, 0.1) is 16.0 Å². The molecule has 1 saturated carbocycles. The van der Waals surface area contributed by atoms with Gasteiger partial charge in [0.1, 0.15) is 0 Å². The monoisotopic (exact) mass is 278 g/mol. The highest BCUT2D eigenvalue weighted by Gasteiger charge is 2.21. The third-order valence-electron chi connectivity index (χ3n) is 3.82. The molecule has 2 rings (SSSR count). The maximum Gasteiger partial charge on any atom is 0.337 e. The summed E-state index contributed by atoms with van der Waals surface area (Å²) in [6.45, 7) is 2.20. The molecule has 0 aliphatic heterocycles. The number of carboxylic acids is 1. The molecule has 0 bridgehead atoms. The first-order valence-corrected chi connectivity index (χ1v) is 6.75. The first-order chi connectivity index (χ1) is 9.47. The minimum absolute atomic E-state index is 0.0780. The number of nitrogens with zero attached hydrogens (tertiary/aromatic N) is 1. The third kappa shape index (κ3) is 3.26. The molecule has 20 heavy (non-hydrogen) atoms. The Morgan fingerprint density at radius 1 is 1.35 bits per heavy atom. The number of nitro groups is 1. The molecular formula is C14H18N2O4. The molecule has 0 aromatic heterocycles. The quantitative estimate of drug-likeness (QED) is 0.651. The minimum atomic E-state index is -1.08. The van der Waals surface area contributed by atoms with Gasteiger partial charge in [-0.3, -0.25) is 10.1 Å². The number of nitro benzene ring substituents is 1. The van der Waals surface area contributed by atoms with Crippen molar-refractivity contribution in [2.24, 2.45) is 5.92 Å². The molecule has 1 aliphatic rings. The zero-order chi connectivity index (χ0) is 14.7. The van der Waals surface area contributed by atoms with Crippen LogP contribution in [0.15, 0.2) is 18.2 Å². The predicted molar refractivity (Wildman–Crippen MR) is 75.1 cm³/mol. The number of aromatic carboxylic acids is 1. The Morgan fingerprint density at radius 2 is 2.00 bits per heavy atom. The van der Waals surface area contributed by atoms with Gasteiger partial charge in [0, 0.05) is 18.2 Å². The summed E-state index contributed by atoms with van der Waals surface area (Å²) in [7, 11) is 0. The third-order valence-corrected chi connectivity index (χ3v) is 3.82. The van der Waals surface area contributed by atoms with Gasteiger partial charge in [0.2, 0.25) is 0 Å². The van der Waals surface area contributed by atoms with Crippen LogP contribution in [-0.2, 0) is 0 Å². The number of nitrogens with one attached hydrogen (secondary N) is 1. The standard InChI is InChI=1S/C14H18N2O4/c1-9-2-4-10(5-3-9)15-13-8-11(16(19)20)6-7-12(13)14(17)18/h6-10,15H,2-5H2,1H3,(H,17,18). The molecule has 1 aromatic carbocycles. The maximum absolute atomic E-state index is 11.2. The Balaban J connectivity index is 2.21. The van der Waals surface area contributed by atoms with E-state index in [0.29, 0.717) is 11.6 Å². The van der Waals surface area contributed by atoms with E-state index in [0.717, 1.165) is 25.7 Å². The highest BCUT2D eigenvalue weighted by atomic mass is 16.6. The van der Waals surface area contributed by atoms with Gasteiger partial charge in [-0.15, -0.1) is 0 Å². The average Bonchev–Trinajstić information content (AvgIpc) is 2.41. The summed E-state index contributed by atoms with van der Waals surface area (Å²) in [6, 6.07) is 4.00. The highest BCUT2D eigenvalue weighted by molar-refractivity contribution is 5.94. The van der Waals surface area contributed by atoms with Crippen molar-refractivity contribution >= 4 is 17.3 Å². The predicted octanol–water partition coefficient (Wildman–Crippen LogP) is 3.28. The fraction of sp³-hybridized carbons (Fsp3) is 0.500. The first kappa shape index (κ1) is 14.3. The van der Waals surface area contributed by atoms with Crippen molar-refractivity contribution in [3.8, 4) is 0 Å². The molecule has 1 fully saturated rings. The van der Waals surface area contributed by atoms with Crippen LogP contribution in [-0.4, -0.2) is 22.0 Å². The lowest BCUT2D eigenvalue weighted by Gasteiger charge is -2.28. The Morgan fingerprint density at radius 3 is 2.55 bits per heavy atom. The summed E-state index contributed by atoms with van der Waals surface area (Å²) in [6.07, 6.45) is 4.11. The smallest absolute Gasteiger partial charge is 0.337 e. The van der Waals surface area contributed by atoms with Gasteiger partial charge >= 0.3 is 5.97 Å². The van der Waals surface area contributed by atoms with Gasteiger partial charge in [0.15, 0.2) is 0 Å².